The van der Waals surface area contributed by atoms with Crippen molar-refractivity contribution in [1.82, 2.24) is 14.9 Å². The number of rotatable bonds is 4. The van der Waals surface area contributed by atoms with Crippen LogP contribution in [0.4, 0.5) is 5.82 Å². The summed E-state index contributed by atoms with van der Waals surface area (Å²) in [5.74, 6) is 1.73. The maximum Gasteiger partial charge on any atom is 0.165 e. The Hall–Kier alpha value is -2.92. The minimum Gasteiger partial charge on any atom is -0.507 e. The first kappa shape index (κ1) is 17.5. The van der Waals surface area contributed by atoms with Gasteiger partial charge in [-0.1, -0.05) is 42.5 Å². The zero-order valence-corrected chi connectivity index (χ0v) is 15.8. The van der Waals surface area contributed by atoms with Crippen LogP contribution in [-0.2, 0) is 19.5 Å². The number of fused-ring (bicyclic) bond motifs is 1. The van der Waals surface area contributed by atoms with E-state index in [9.17, 15) is 5.11 Å². The number of hydrogen-bond donors (Lipinski definition) is 1. The summed E-state index contributed by atoms with van der Waals surface area (Å²) in [5, 5.41) is 10.2. The van der Waals surface area contributed by atoms with Crippen molar-refractivity contribution in [2.45, 2.75) is 19.5 Å². The third-order valence-electron chi connectivity index (χ3n) is 4.94. The lowest BCUT2D eigenvalue weighted by molar-refractivity contribution is 0.241. The van der Waals surface area contributed by atoms with Crippen LogP contribution in [0, 0.1) is 0 Å². The number of aromatic nitrogens is 2. The summed E-state index contributed by atoms with van der Waals surface area (Å²) in [4.78, 5) is 14.1. The predicted octanol–water partition coefficient (Wildman–Crippen LogP) is 3.47. The Morgan fingerprint density at radius 1 is 1.00 bits per heavy atom. The fraction of sp³-hybridized carbons (Fsp3) is 0.273. The second-order valence-electron chi connectivity index (χ2n) is 7.15. The predicted molar refractivity (Wildman–Crippen MR) is 108 cm³/mol. The molecule has 0 amide bonds. The molecule has 0 aliphatic carbocycles. The Labute approximate surface area is 159 Å². The van der Waals surface area contributed by atoms with E-state index in [0.717, 1.165) is 37.6 Å². The van der Waals surface area contributed by atoms with Gasteiger partial charge in [0.25, 0.3) is 0 Å². The Morgan fingerprint density at radius 2 is 1.74 bits per heavy atom. The summed E-state index contributed by atoms with van der Waals surface area (Å²) in [5.41, 5.74) is 4.24. The van der Waals surface area contributed by atoms with E-state index >= 15 is 0 Å². The molecule has 0 saturated heterocycles. The highest BCUT2D eigenvalue weighted by Crippen LogP contribution is 2.32. The zero-order chi connectivity index (χ0) is 18.8. The van der Waals surface area contributed by atoms with E-state index in [0.29, 0.717) is 11.4 Å². The maximum absolute atomic E-state index is 10.2. The van der Waals surface area contributed by atoms with Gasteiger partial charge in [-0.05, 0) is 24.1 Å². The van der Waals surface area contributed by atoms with E-state index in [-0.39, 0.29) is 5.75 Å². The van der Waals surface area contributed by atoms with Gasteiger partial charge in [0.05, 0.1) is 11.3 Å². The molecule has 0 spiro atoms. The lowest BCUT2D eigenvalue weighted by atomic mass is 10.0. The number of para-hydroxylation sites is 1. The topological polar surface area (TPSA) is 52.5 Å². The highest BCUT2D eigenvalue weighted by atomic mass is 16.3. The molecule has 0 unspecified atom stereocenters. The summed E-state index contributed by atoms with van der Waals surface area (Å²) in [6, 6.07) is 17.8. The molecular weight excluding hydrogens is 336 g/mol. The fourth-order valence-electron chi connectivity index (χ4n) is 3.59. The van der Waals surface area contributed by atoms with Crippen molar-refractivity contribution in [3.05, 3.63) is 71.4 Å². The van der Waals surface area contributed by atoms with Gasteiger partial charge in [0.2, 0.25) is 0 Å². The fourth-order valence-corrected chi connectivity index (χ4v) is 3.59. The Bertz CT molecular complexity index is 940. The lowest BCUT2D eigenvalue weighted by Crippen LogP contribution is -2.32. The molecule has 1 aromatic heterocycles. The molecule has 0 bridgehead atoms. The van der Waals surface area contributed by atoms with Gasteiger partial charge < -0.3 is 10.0 Å². The van der Waals surface area contributed by atoms with Crippen molar-refractivity contribution in [2.75, 3.05) is 25.5 Å². The zero-order valence-electron chi connectivity index (χ0n) is 15.8. The molecule has 1 N–H and O–H groups in total. The lowest BCUT2D eigenvalue weighted by Gasteiger charge is -2.30. The largest absolute Gasteiger partial charge is 0.507 e. The molecule has 2 aromatic carbocycles. The molecule has 2 heterocycles. The van der Waals surface area contributed by atoms with Gasteiger partial charge in [0, 0.05) is 39.3 Å². The summed E-state index contributed by atoms with van der Waals surface area (Å²) in [6.45, 7) is 2.68. The average molecular weight is 360 g/mol. The first-order valence-corrected chi connectivity index (χ1v) is 9.23. The molecule has 1 aliphatic rings. The second-order valence-corrected chi connectivity index (χ2v) is 7.15. The highest BCUT2D eigenvalue weighted by Gasteiger charge is 2.24. The number of nitrogens with zero attached hydrogens (tertiary/aromatic N) is 4. The van der Waals surface area contributed by atoms with Gasteiger partial charge in [-0.25, -0.2) is 9.97 Å². The molecular formula is C22H24N4O. The van der Waals surface area contributed by atoms with Crippen molar-refractivity contribution in [2.24, 2.45) is 0 Å². The maximum atomic E-state index is 10.2. The molecule has 1 aliphatic heterocycles. The van der Waals surface area contributed by atoms with E-state index in [1.54, 1.807) is 6.07 Å². The number of hydrogen-bond acceptors (Lipinski definition) is 5. The Kier molecular flexibility index (Phi) is 4.77. The normalized spacial score (nSPS) is 14.0. The van der Waals surface area contributed by atoms with Gasteiger partial charge in [-0.15, -0.1) is 0 Å². The highest BCUT2D eigenvalue weighted by molar-refractivity contribution is 5.66. The monoisotopic (exact) mass is 360 g/mol. The molecule has 138 valence electrons. The molecule has 0 atom stereocenters. The number of phenolic OH excluding ortho intramolecular Hbond substituents is 1. The minimum atomic E-state index is 0.208. The van der Waals surface area contributed by atoms with Crippen LogP contribution in [0.15, 0.2) is 54.6 Å². The van der Waals surface area contributed by atoms with Crippen LogP contribution >= 0.6 is 0 Å². The van der Waals surface area contributed by atoms with Gasteiger partial charge in [0.15, 0.2) is 5.82 Å². The number of phenols is 1. The minimum absolute atomic E-state index is 0.208. The molecule has 5 heteroatoms. The quantitative estimate of drug-likeness (QED) is 0.772. The first-order valence-electron chi connectivity index (χ1n) is 9.23. The Balaban J connectivity index is 1.70. The third-order valence-corrected chi connectivity index (χ3v) is 4.94. The van der Waals surface area contributed by atoms with Crippen LogP contribution < -0.4 is 4.90 Å². The number of benzene rings is 2. The number of anilines is 1. The molecule has 0 saturated carbocycles. The molecule has 0 fully saturated rings. The van der Waals surface area contributed by atoms with Crippen LogP contribution in [0.3, 0.4) is 0 Å². The van der Waals surface area contributed by atoms with E-state index < -0.39 is 0 Å². The molecule has 3 aromatic rings. The SMILES string of the molecule is CN(C)c1nc(-c2ccccc2O)nc2c1CCN(Cc1ccccc1)C2. The van der Waals surface area contributed by atoms with Crippen LogP contribution in [-0.4, -0.2) is 40.6 Å². The van der Waals surface area contributed by atoms with Crippen molar-refractivity contribution in [3.63, 3.8) is 0 Å². The molecule has 27 heavy (non-hydrogen) atoms. The molecule has 4 rings (SSSR count). The average Bonchev–Trinajstić information content (AvgIpc) is 2.68. The van der Waals surface area contributed by atoms with Crippen molar-refractivity contribution < 1.29 is 5.11 Å². The van der Waals surface area contributed by atoms with E-state index in [1.165, 1.54) is 11.1 Å². The van der Waals surface area contributed by atoms with E-state index in [1.807, 2.05) is 43.3 Å². The van der Waals surface area contributed by atoms with Crippen molar-refractivity contribution in [3.8, 4) is 17.1 Å². The summed E-state index contributed by atoms with van der Waals surface area (Å²) < 4.78 is 0. The van der Waals surface area contributed by atoms with Gasteiger partial charge in [-0.3, -0.25) is 4.90 Å². The van der Waals surface area contributed by atoms with E-state index in [4.69, 9.17) is 9.97 Å². The van der Waals surface area contributed by atoms with E-state index in [2.05, 4.69) is 29.2 Å². The standard InChI is InChI=1S/C22H24N4O/c1-25(2)22-17-12-13-26(14-16-8-4-3-5-9-16)15-19(17)23-21(24-22)18-10-6-7-11-20(18)27/h3-11,27H,12-15H2,1-2H3. The van der Waals surface area contributed by atoms with Crippen LogP contribution in [0.2, 0.25) is 0 Å². The van der Waals surface area contributed by atoms with Crippen molar-refractivity contribution in [1.29, 1.82) is 0 Å². The smallest absolute Gasteiger partial charge is 0.165 e. The first-order chi connectivity index (χ1) is 13.1. The summed E-state index contributed by atoms with van der Waals surface area (Å²) >= 11 is 0. The van der Waals surface area contributed by atoms with Crippen LogP contribution in [0.25, 0.3) is 11.4 Å². The van der Waals surface area contributed by atoms with Crippen molar-refractivity contribution >= 4 is 5.82 Å². The van der Waals surface area contributed by atoms with Gasteiger partial charge in [-0.2, -0.15) is 0 Å². The van der Waals surface area contributed by atoms with Crippen LogP contribution in [0.5, 0.6) is 5.75 Å². The second kappa shape index (κ2) is 7.37. The van der Waals surface area contributed by atoms with Crippen LogP contribution in [0.1, 0.15) is 16.8 Å². The third kappa shape index (κ3) is 3.64. The summed E-state index contributed by atoms with van der Waals surface area (Å²) in [7, 11) is 4.02. The Morgan fingerprint density at radius 3 is 2.48 bits per heavy atom. The molecule has 5 nitrogen and oxygen atoms in total. The van der Waals surface area contributed by atoms with Gasteiger partial charge in [0.1, 0.15) is 11.6 Å². The van der Waals surface area contributed by atoms with Gasteiger partial charge >= 0.3 is 0 Å². The number of aromatic hydroxyl groups is 1. The summed E-state index contributed by atoms with van der Waals surface area (Å²) in [6.07, 6.45) is 0.927. The molecule has 0 radical (unpaired) electrons.